The first-order chi connectivity index (χ1) is 6.35. The molecule has 68 valence electrons. The molecule has 0 bridgehead atoms. The van der Waals surface area contributed by atoms with Crippen LogP contribution in [0.2, 0.25) is 0 Å². The molecule has 0 aliphatic heterocycles. The van der Waals surface area contributed by atoms with Gasteiger partial charge in [-0.2, -0.15) is 0 Å². The van der Waals surface area contributed by atoms with E-state index in [0.29, 0.717) is 5.95 Å². The minimum Gasteiger partial charge on any atom is -0.494 e. The van der Waals surface area contributed by atoms with Crippen LogP contribution in [0.1, 0.15) is 0 Å². The average Bonchev–Trinajstić information content (AvgIpc) is 2.59. The van der Waals surface area contributed by atoms with E-state index < -0.39 is 0 Å². The number of nitrogens with one attached hydrogen (secondary N) is 2. The van der Waals surface area contributed by atoms with Gasteiger partial charge in [-0.05, 0) is 12.1 Å². The van der Waals surface area contributed by atoms with Gasteiger partial charge < -0.3 is 9.72 Å². The molecule has 0 saturated carbocycles. The summed E-state index contributed by atoms with van der Waals surface area (Å²) in [5.41, 5.74) is 4.12. The number of benzene rings is 1. The lowest BCUT2D eigenvalue weighted by atomic mass is 10.3. The Balaban J connectivity index is 2.67. The van der Waals surface area contributed by atoms with Crippen LogP contribution >= 0.6 is 0 Å². The van der Waals surface area contributed by atoms with Gasteiger partial charge in [0.2, 0.25) is 5.95 Å². The summed E-state index contributed by atoms with van der Waals surface area (Å²) in [6.45, 7) is 0. The number of hydrazine groups is 1. The number of H-pyrrole nitrogens is 1. The second-order valence-corrected chi connectivity index (χ2v) is 2.59. The van der Waals surface area contributed by atoms with E-state index in [4.69, 9.17) is 10.6 Å². The number of para-hydroxylation sites is 1. The Morgan fingerprint density at radius 1 is 1.54 bits per heavy atom. The lowest BCUT2D eigenvalue weighted by molar-refractivity contribution is 0.419. The van der Waals surface area contributed by atoms with Gasteiger partial charge in [0.15, 0.2) is 0 Å². The molecule has 4 N–H and O–H groups in total. The Morgan fingerprint density at radius 2 is 2.38 bits per heavy atom. The van der Waals surface area contributed by atoms with Gasteiger partial charge in [-0.1, -0.05) is 6.07 Å². The zero-order valence-corrected chi connectivity index (χ0v) is 7.16. The van der Waals surface area contributed by atoms with Crippen molar-refractivity contribution in [2.45, 2.75) is 0 Å². The Labute approximate surface area is 74.9 Å². The van der Waals surface area contributed by atoms with Crippen LogP contribution in [-0.2, 0) is 0 Å². The number of aromatic amines is 1. The van der Waals surface area contributed by atoms with Gasteiger partial charge in [-0.25, -0.2) is 10.8 Å². The first-order valence-electron chi connectivity index (χ1n) is 3.84. The molecular weight excluding hydrogens is 168 g/mol. The van der Waals surface area contributed by atoms with Crippen LogP contribution in [0.5, 0.6) is 5.75 Å². The van der Waals surface area contributed by atoms with Crippen molar-refractivity contribution in [2.75, 3.05) is 12.5 Å². The number of aromatic nitrogens is 2. The zero-order chi connectivity index (χ0) is 9.26. The quantitative estimate of drug-likeness (QED) is 0.471. The number of nitrogen functional groups attached to an aromatic ring is 1. The molecule has 0 unspecified atom stereocenters. The van der Waals surface area contributed by atoms with Gasteiger partial charge in [-0.15, -0.1) is 0 Å². The van der Waals surface area contributed by atoms with Gasteiger partial charge in [0.25, 0.3) is 0 Å². The van der Waals surface area contributed by atoms with Crippen molar-refractivity contribution in [3.63, 3.8) is 0 Å². The summed E-state index contributed by atoms with van der Waals surface area (Å²) in [5, 5.41) is 0. The second-order valence-electron chi connectivity index (χ2n) is 2.59. The SMILES string of the molecule is COc1cccc2[nH]c(NN)nc12. The molecule has 13 heavy (non-hydrogen) atoms. The van der Waals surface area contributed by atoms with Crippen molar-refractivity contribution in [1.29, 1.82) is 0 Å². The Morgan fingerprint density at radius 3 is 3.08 bits per heavy atom. The number of ether oxygens (including phenoxy) is 1. The summed E-state index contributed by atoms with van der Waals surface area (Å²) < 4.78 is 5.13. The molecule has 0 aliphatic rings. The van der Waals surface area contributed by atoms with Crippen molar-refractivity contribution in [1.82, 2.24) is 9.97 Å². The molecule has 1 aromatic carbocycles. The van der Waals surface area contributed by atoms with Crippen LogP contribution in [0, 0.1) is 0 Å². The number of nitrogens with zero attached hydrogens (tertiary/aromatic N) is 1. The molecule has 5 heteroatoms. The van der Waals surface area contributed by atoms with Crippen molar-refractivity contribution in [3.8, 4) is 5.75 Å². The Hall–Kier alpha value is -1.75. The number of hydrogen-bond donors (Lipinski definition) is 3. The standard InChI is InChI=1S/C8H10N4O/c1-13-6-4-2-3-5-7(6)11-8(10-5)12-9/h2-4H,9H2,1H3,(H2,10,11,12). The van der Waals surface area contributed by atoms with Crippen molar-refractivity contribution >= 4 is 17.0 Å². The van der Waals surface area contributed by atoms with Gasteiger partial charge in [-0.3, -0.25) is 5.43 Å². The molecule has 0 amide bonds. The number of hydrogen-bond acceptors (Lipinski definition) is 4. The fourth-order valence-corrected chi connectivity index (χ4v) is 1.24. The van der Waals surface area contributed by atoms with Gasteiger partial charge >= 0.3 is 0 Å². The van der Waals surface area contributed by atoms with E-state index in [1.54, 1.807) is 7.11 Å². The fraction of sp³-hybridized carbons (Fsp3) is 0.125. The highest BCUT2D eigenvalue weighted by Gasteiger charge is 2.05. The van der Waals surface area contributed by atoms with E-state index in [1.807, 2.05) is 18.2 Å². The van der Waals surface area contributed by atoms with Crippen molar-refractivity contribution < 1.29 is 4.74 Å². The van der Waals surface area contributed by atoms with E-state index in [2.05, 4.69) is 15.4 Å². The Kier molecular flexibility index (Phi) is 1.79. The van der Waals surface area contributed by atoms with Gasteiger partial charge in [0.05, 0.1) is 12.6 Å². The molecular formula is C8H10N4O. The smallest absolute Gasteiger partial charge is 0.215 e. The first-order valence-corrected chi connectivity index (χ1v) is 3.84. The maximum Gasteiger partial charge on any atom is 0.215 e. The normalized spacial score (nSPS) is 10.3. The second kappa shape index (κ2) is 2.95. The van der Waals surface area contributed by atoms with Crippen LogP contribution in [0.4, 0.5) is 5.95 Å². The van der Waals surface area contributed by atoms with E-state index >= 15 is 0 Å². The third-order valence-electron chi connectivity index (χ3n) is 1.83. The van der Waals surface area contributed by atoms with Gasteiger partial charge in [0.1, 0.15) is 11.3 Å². The number of nitrogens with two attached hydrogens (primary N) is 1. The minimum absolute atomic E-state index is 0.527. The largest absolute Gasteiger partial charge is 0.494 e. The van der Waals surface area contributed by atoms with Crippen LogP contribution in [-0.4, -0.2) is 17.1 Å². The highest BCUT2D eigenvalue weighted by atomic mass is 16.5. The Bertz CT molecular complexity index is 423. The number of fused-ring (bicyclic) bond motifs is 1. The van der Waals surface area contributed by atoms with Crippen LogP contribution < -0.4 is 16.0 Å². The topological polar surface area (TPSA) is 76.0 Å². The summed E-state index contributed by atoms with van der Waals surface area (Å²) in [4.78, 5) is 7.18. The molecule has 2 rings (SSSR count). The van der Waals surface area contributed by atoms with E-state index in [9.17, 15) is 0 Å². The van der Waals surface area contributed by atoms with Crippen LogP contribution in [0.15, 0.2) is 18.2 Å². The third kappa shape index (κ3) is 1.19. The van der Waals surface area contributed by atoms with Crippen molar-refractivity contribution in [2.24, 2.45) is 5.84 Å². The number of anilines is 1. The lowest BCUT2D eigenvalue weighted by Gasteiger charge is -1.97. The number of imidazole rings is 1. The molecule has 0 aliphatic carbocycles. The molecule has 5 nitrogen and oxygen atoms in total. The highest BCUT2D eigenvalue weighted by molar-refractivity contribution is 5.83. The van der Waals surface area contributed by atoms with Crippen LogP contribution in [0.25, 0.3) is 11.0 Å². The minimum atomic E-state index is 0.527. The van der Waals surface area contributed by atoms with E-state index in [0.717, 1.165) is 16.8 Å². The molecule has 1 aromatic heterocycles. The molecule has 0 saturated heterocycles. The molecule has 0 fully saturated rings. The van der Waals surface area contributed by atoms with Crippen LogP contribution in [0.3, 0.4) is 0 Å². The third-order valence-corrected chi connectivity index (χ3v) is 1.83. The summed E-state index contributed by atoms with van der Waals surface area (Å²) in [7, 11) is 1.61. The highest BCUT2D eigenvalue weighted by Crippen LogP contribution is 2.23. The first kappa shape index (κ1) is 7.88. The summed E-state index contributed by atoms with van der Waals surface area (Å²) in [6, 6.07) is 5.65. The monoisotopic (exact) mass is 178 g/mol. The average molecular weight is 178 g/mol. The van der Waals surface area contributed by atoms with E-state index in [-0.39, 0.29) is 0 Å². The molecule has 0 spiro atoms. The van der Waals surface area contributed by atoms with Gasteiger partial charge in [0, 0.05) is 0 Å². The molecule has 0 radical (unpaired) electrons. The molecule has 1 heterocycles. The van der Waals surface area contributed by atoms with Crippen molar-refractivity contribution in [3.05, 3.63) is 18.2 Å². The summed E-state index contributed by atoms with van der Waals surface area (Å²) in [5.74, 6) is 6.48. The predicted octanol–water partition coefficient (Wildman–Crippen LogP) is 0.857. The predicted molar refractivity (Wildman–Crippen MR) is 50.5 cm³/mol. The summed E-state index contributed by atoms with van der Waals surface area (Å²) in [6.07, 6.45) is 0. The number of methoxy groups -OCH3 is 1. The molecule has 0 atom stereocenters. The number of rotatable bonds is 2. The summed E-state index contributed by atoms with van der Waals surface area (Å²) >= 11 is 0. The van der Waals surface area contributed by atoms with E-state index in [1.165, 1.54) is 0 Å². The lowest BCUT2D eigenvalue weighted by Crippen LogP contribution is -2.07. The zero-order valence-electron chi connectivity index (χ0n) is 7.16. The maximum absolute atomic E-state index is 5.22. The fourth-order valence-electron chi connectivity index (χ4n) is 1.24. The maximum atomic E-state index is 5.22. The molecule has 2 aromatic rings.